The number of carbonyl (C=O) groups is 1. The Balaban J connectivity index is 1.15. The fourth-order valence-corrected chi connectivity index (χ4v) is 10.3. The molecule has 1 saturated heterocycles. The van der Waals surface area contributed by atoms with Gasteiger partial charge in [-0.05, 0) is 106 Å². The van der Waals surface area contributed by atoms with Crippen LogP contribution in [-0.2, 0) is 19.0 Å². The van der Waals surface area contributed by atoms with Gasteiger partial charge in [-0.2, -0.15) is 0 Å². The van der Waals surface area contributed by atoms with Gasteiger partial charge in [-0.25, -0.2) is 0 Å². The molecule has 6 nitrogen and oxygen atoms in total. The Labute approximate surface area is 222 Å². The lowest BCUT2D eigenvalue weighted by molar-refractivity contribution is -0.273. The van der Waals surface area contributed by atoms with Crippen LogP contribution in [-0.4, -0.2) is 59.4 Å². The van der Waals surface area contributed by atoms with Crippen LogP contribution in [0, 0.1) is 34.5 Å². The molecule has 2 N–H and O–H groups in total. The van der Waals surface area contributed by atoms with Crippen LogP contribution in [0.2, 0.25) is 0 Å². The average molecular weight is 517 g/mol. The van der Waals surface area contributed by atoms with Crippen molar-refractivity contribution in [3.05, 3.63) is 11.6 Å². The van der Waals surface area contributed by atoms with E-state index in [4.69, 9.17) is 14.2 Å². The van der Waals surface area contributed by atoms with E-state index in [1.807, 2.05) is 13.0 Å². The average Bonchev–Trinajstić information content (AvgIpc) is 3.41. The molecule has 0 radical (unpaired) electrons. The summed E-state index contributed by atoms with van der Waals surface area (Å²) >= 11 is 0. The number of ketones is 1. The van der Waals surface area contributed by atoms with Crippen LogP contribution < -0.4 is 0 Å². The van der Waals surface area contributed by atoms with Gasteiger partial charge in [-0.1, -0.05) is 19.4 Å². The predicted molar refractivity (Wildman–Crippen MR) is 140 cm³/mol. The minimum absolute atomic E-state index is 0.106. The third-order valence-electron chi connectivity index (χ3n) is 12.6. The van der Waals surface area contributed by atoms with Gasteiger partial charge in [-0.15, -0.1) is 0 Å². The Morgan fingerprint density at radius 3 is 2.54 bits per heavy atom. The molecule has 0 aromatic heterocycles. The van der Waals surface area contributed by atoms with Gasteiger partial charge in [0, 0.05) is 25.4 Å². The van der Waals surface area contributed by atoms with E-state index in [1.54, 1.807) is 7.11 Å². The first-order chi connectivity index (χ1) is 17.6. The van der Waals surface area contributed by atoms with Gasteiger partial charge in [0.25, 0.3) is 0 Å². The first-order valence-corrected chi connectivity index (χ1v) is 15.1. The summed E-state index contributed by atoms with van der Waals surface area (Å²) < 4.78 is 18.0. The second kappa shape index (κ2) is 9.40. The van der Waals surface area contributed by atoms with Crippen molar-refractivity contribution in [1.29, 1.82) is 0 Å². The van der Waals surface area contributed by atoms with Crippen molar-refractivity contribution in [2.45, 2.75) is 134 Å². The fraction of sp³-hybridized carbons (Fsp3) is 0.903. The van der Waals surface area contributed by atoms with Crippen molar-refractivity contribution in [3.8, 4) is 0 Å². The largest absolute Gasteiger partial charge is 0.389 e. The molecule has 5 aliphatic carbocycles. The van der Waals surface area contributed by atoms with Gasteiger partial charge >= 0.3 is 0 Å². The van der Waals surface area contributed by atoms with Gasteiger partial charge in [0.2, 0.25) is 0 Å². The molecular weight excluding hydrogens is 468 g/mol. The second-order valence-corrected chi connectivity index (χ2v) is 14.0. The summed E-state index contributed by atoms with van der Waals surface area (Å²) in [6.45, 7) is 6.75. The number of fused-ring (bicyclic) bond motifs is 5. The van der Waals surface area contributed by atoms with Crippen molar-refractivity contribution in [1.82, 2.24) is 0 Å². The van der Waals surface area contributed by atoms with Crippen LogP contribution in [0.4, 0.5) is 0 Å². The van der Waals surface area contributed by atoms with E-state index in [-0.39, 0.29) is 41.2 Å². The first kappa shape index (κ1) is 26.4. The van der Waals surface area contributed by atoms with Crippen LogP contribution in [0.1, 0.15) is 97.8 Å². The molecule has 0 aromatic rings. The van der Waals surface area contributed by atoms with Crippen LogP contribution in [0.3, 0.4) is 0 Å². The van der Waals surface area contributed by atoms with E-state index in [2.05, 4.69) is 13.8 Å². The summed E-state index contributed by atoms with van der Waals surface area (Å²) in [7, 11) is 1.65. The number of hydrogen-bond donors (Lipinski definition) is 2. The molecule has 0 aromatic carbocycles. The van der Waals surface area contributed by atoms with Crippen molar-refractivity contribution in [2.24, 2.45) is 34.5 Å². The lowest BCUT2D eigenvalue weighted by atomic mass is 9.43. The number of allylic oxidation sites excluding steroid dienone is 2. The highest BCUT2D eigenvalue weighted by atomic mass is 16.7. The summed E-state index contributed by atoms with van der Waals surface area (Å²) in [6.07, 6.45) is 12.4. The van der Waals surface area contributed by atoms with E-state index in [9.17, 15) is 15.0 Å². The van der Waals surface area contributed by atoms with E-state index in [0.717, 1.165) is 57.8 Å². The van der Waals surface area contributed by atoms with Crippen LogP contribution >= 0.6 is 0 Å². The molecule has 5 fully saturated rings. The predicted octanol–water partition coefficient (Wildman–Crippen LogP) is 4.95. The van der Waals surface area contributed by atoms with Crippen molar-refractivity contribution in [3.63, 3.8) is 0 Å². The fourth-order valence-electron chi connectivity index (χ4n) is 10.3. The van der Waals surface area contributed by atoms with E-state index < -0.39 is 11.7 Å². The van der Waals surface area contributed by atoms with Gasteiger partial charge in [-0.3, -0.25) is 4.79 Å². The van der Waals surface area contributed by atoms with Gasteiger partial charge in [0.1, 0.15) is 6.10 Å². The van der Waals surface area contributed by atoms with Gasteiger partial charge in [0.05, 0.1) is 23.9 Å². The third kappa shape index (κ3) is 4.03. The smallest absolute Gasteiger partial charge is 0.161 e. The number of aliphatic hydroxyl groups excluding tert-OH is 1. The number of methoxy groups -OCH3 is 1. The van der Waals surface area contributed by atoms with Crippen LogP contribution in [0.15, 0.2) is 11.6 Å². The molecule has 0 unspecified atom stereocenters. The highest BCUT2D eigenvalue weighted by molar-refractivity contribution is 5.93. The molecule has 0 bridgehead atoms. The number of rotatable bonds is 4. The third-order valence-corrected chi connectivity index (χ3v) is 12.6. The molecule has 12 atom stereocenters. The Kier molecular flexibility index (Phi) is 6.72. The highest BCUT2D eigenvalue weighted by Crippen LogP contribution is 2.70. The normalized spacial score (nSPS) is 53.8. The van der Waals surface area contributed by atoms with Crippen molar-refractivity contribution < 1.29 is 29.2 Å². The molecule has 0 spiro atoms. The minimum Gasteiger partial charge on any atom is -0.389 e. The zero-order valence-electron chi connectivity index (χ0n) is 23.3. The summed E-state index contributed by atoms with van der Waals surface area (Å²) in [5.41, 5.74) is 0.844. The minimum atomic E-state index is -0.615. The molecule has 6 heteroatoms. The van der Waals surface area contributed by atoms with Crippen LogP contribution in [0.25, 0.3) is 0 Å². The van der Waals surface area contributed by atoms with E-state index in [1.165, 1.54) is 12.0 Å². The lowest BCUT2D eigenvalue weighted by Crippen LogP contribution is -2.62. The monoisotopic (exact) mass is 516 g/mol. The van der Waals surface area contributed by atoms with E-state index in [0.29, 0.717) is 36.5 Å². The maximum atomic E-state index is 12.4. The summed E-state index contributed by atoms with van der Waals surface area (Å²) in [6, 6.07) is 0. The standard InChI is InChI=1S/C31H48O6/c1-18-28(33)26(35-4)17-27(36-18)37-22-9-12-29(2)20(16-22)6-8-25-24(29)10-13-30(3)23(11-14-31(25,30)34)19-5-7-21(32)15-19/h15,18,20,22-28,33-34H,5-14,16-17H2,1-4H3/t18-,20+,22+,23-,24+,25-,26-,27+,28+,29+,30-,31+/m1/s1. The molecule has 6 aliphatic rings. The second-order valence-electron chi connectivity index (χ2n) is 14.0. The Morgan fingerprint density at radius 1 is 1.00 bits per heavy atom. The molecular formula is C31H48O6. The van der Waals surface area contributed by atoms with Crippen LogP contribution in [0.5, 0.6) is 0 Å². The molecule has 4 saturated carbocycles. The molecule has 6 rings (SSSR count). The molecule has 37 heavy (non-hydrogen) atoms. The lowest BCUT2D eigenvalue weighted by Gasteiger charge is -2.64. The quantitative estimate of drug-likeness (QED) is 0.515. The number of carbonyl (C=O) groups excluding carboxylic acids is 1. The highest BCUT2D eigenvalue weighted by Gasteiger charge is 2.67. The number of hydrogen-bond acceptors (Lipinski definition) is 6. The van der Waals surface area contributed by atoms with E-state index >= 15 is 0 Å². The van der Waals surface area contributed by atoms with Gasteiger partial charge in [0.15, 0.2) is 12.1 Å². The number of ether oxygens (including phenoxy) is 3. The maximum absolute atomic E-state index is 12.4. The zero-order valence-corrected chi connectivity index (χ0v) is 23.3. The summed E-state index contributed by atoms with van der Waals surface area (Å²) in [4.78, 5) is 12.0. The zero-order chi connectivity index (χ0) is 26.2. The maximum Gasteiger partial charge on any atom is 0.161 e. The van der Waals surface area contributed by atoms with Gasteiger partial charge < -0.3 is 24.4 Å². The first-order valence-electron chi connectivity index (χ1n) is 15.1. The SMILES string of the molecule is CO[C@@H]1C[C@H](O[C@H]2CC[C@@]3(C)[C@@H](CC[C@@H]4[C@@H]3CC[C@]3(C)[C@@H](C5=CC(=O)CC5)CC[C@]43O)C2)O[C@H](C)[C@@H]1O. The summed E-state index contributed by atoms with van der Waals surface area (Å²) in [5, 5.41) is 22.8. The summed E-state index contributed by atoms with van der Waals surface area (Å²) in [5.74, 6) is 2.17. The molecule has 208 valence electrons. The molecule has 1 aliphatic heterocycles. The topological polar surface area (TPSA) is 85.2 Å². The van der Waals surface area contributed by atoms with Crippen molar-refractivity contribution in [2.75, 3.05) is 7.11 Å². The Hall–Kier alpha value is -0.790. The Morgan fingerprint density at radius 2 is 1.81 bits per heavy atom. The molecule has 0 amide bonds. The molecule has 1 heterocycles. The Bertz CT molecular complexity index is 933. The number of aliphatic hydroxyl groups is 2. The van der Waals surface area contributed by atoms with Crippen molar-refractivity contribution >= 4 is 5.78 Å².